The Bertz CT molecular complexity index is 1000. The fourth-order valence-electron chi connectivity index (χ4n) is 2.35. The topological polar surface area (TPSA) is 90.7 Å². The van der Waals surface area contributed by atoms with E-state index in [2.05, 4.69) is 5.32 Å². The minimum absolute atomic E-state index is 0.118. The van der Waals surface area contributed by atoms with Gasteiger partial charge < -0.3 is 14.8 Å². The van der Waals surface area contributed by atoms with Crippen molar-refractivity contribution in [1.82, 2.24) is 0 Å². The normalized spacial score (nSPS) is 10.4. The summed E-state index contributed by atoms with van der Waals surface area (Å²) >= 11 is 7.11. The molecule has 0 saturated heterocycles. The number of thiophene rings is 1. The quantitative estimate of drug-likeness (QED) is 0.423. The third kappa shape index (κ3) is 4.79. The molecule has 7 nitrogen and oxygen atoms in total. The lowest BCUT2D eigenvalue weighted by molar-refractivity contribution is -0.384. The number of non-ortho nitro benzene ring substituents is 1. The van der Waals surface area contributed by atoms with Gasteiger partial charge in [0, 0.05) is 16.7 Å². The minimum atomic E-state index is -0.527. The van der Waals surface area contributed by atoms with Crippen LogP contribution in [0.3, 0.4) is 0 Å². The first-order valence-corrected chi connectivity index (χ1v) is 9.31. The summed E-state index contributed by atoms with van der Waals surface area (Å²) in [6.45, 7) is 0.312. The number of nitro benzene ring substituents is 1. The summed E-state index contributed by atoms with van der Waals surface area (Å²) in [5, 5.41) is 16.0. The molecule has 0 atom stereocenters. The molecule has 0 spiro atoms. The van der Waals surface area contributed by atoms with Crippen LogP contribution in [0.25, 0.3) is 0 Å². The van der Waals surface area contributed by atoms with Crippen LogP contribution in [0.4, 0.5) is 11.4 Å². The second-order valence-corrected chi connectivity index (χ2v) is 7.01. The summed E-state index contributed by atoms with van der Waals surface area (Å²) in [7, 11) is 1.38. The van der Waals surface area contributed by atoms with Gasteiger partial charge in [-0.1, -0.05) is 11.6 Å². The van der Waals surface area contributed by atoms with Crippen LogP contribution in [0.5, 0.6) is 11.5 Å². The van der Waals surface area contributed by atoms with Gasteiger partial charge in [-0.3, -0.25) is 14.9 Å². The molecule has 1 heterocycles. The molecule has 0 fully saturated rings. The minimum Gasteiger partial charge on any atom is -0.494 e. The molecule has 0 saturated carbocycles. The molecular weight excluding hydrogens is 404 g/mol. The largest absolute Gasteiger partial charge is 0.494 e. The highest BCUT2D eigenvalue weighted by Crippen LogP contribution is 2.30. The molecule has 3 rings (SSSR count). The number of ether oxygens (including phenoxy) is 2. The third-order valence-corrected chi connectivity index (χ3v) is 4.97. The number of anilines is 1. The van der Waals surface area contributed by atoms with E-state index < -0.39 is 4.92 Å². The summed E-state index contributed by atoms with van der Waals surface area (Å²) in [5.41, 5.74) is 1.08. The highest BCUT2D eigenvalue weighted by molar-refractivity contribution is 7.12. The van der Waals surface area contributed by atoms with Crippen molar-refractivity contribution in [3.8, 4) is 11.5 Å². The lowest BCUT2D eigenvalue weighted by atomic mass is 10.2. The zero-order valence-electron chi connectivity index (χ0n) is 14.7. The number of carbonyl (C=O) groups is 1. The monoisotopic (exact) mass is 418 g/mol. The van der Waals surface area contributed by atoms with Crippen molar-refractivity contribution < 1.29 is 19.2 Å². The number of methoxy groups -OCH3 is 1. The van der Waals surface area contributed by atoms with Crippen molar-refractivity contribution in [1.29, 1.82) is 0 Å². The first-order valence-electron chi connectivity index (χ1n) is 8.06. The first kappa shape index (κ1) is 19.7. The summed E-state index contributed by atoms with van der Waals surface area (Å²) in [6.07, 6.45) is 0. The maximum Gasteiger partial charge on any atom is 0.273 e. The Hall–Kier alpha value is -3.10. The van der Waals surface area contributed by atoms with Crippen LogP contribution >= 0.6 is 22.9 Å². The molecule has 1 aromatic heterocycles. The lowest BCUT2D eigenvalue weighted by Gasteiger charge is -2.09. The number of hydrogen-bond acceptors (Lipinski definition) is 6. The number of rotatable bonds is 7. The van der Waals surface area contributed by atoms with Crippen LogP contribution in [0.2, 0.25) is 5.02 Å². The predicted octanol–water partition coefficient (Wildman–Crippen LogP) is 5.15. The molecule has 0 unspecified atom stereocenters. The molecule has 0 aliphatic heterocycles. The lowest BCUT2D eigenvalue weighted by Crippen LogP contribution is -2.11. The van der Waals surface area contributed by atoms with Gasteiger partial charge in [0.2, 0.25) is 0 Å². The molecule has 0 radical (unpaired) electrons. The van der Waals surface area contributed by atoms with Gasteiger partial charge in [-0.15, -0.1) is 11.3 Å². The number of nitrogens with one attached hydrogen (secondary N) is 1. The van der Waals surface area contributed by atoms with E-state index in [0.29, 0.717) is 27.9 Å². The van der Waals surface area contributed by atoms with Crippen LogP contribution in [0, 0.1) is 10.1 Å². The zero-order valence-corrected chi connectivity index (χ0v) is 16.3. The smallest absolute Gasteiger partial charge is 0.273 e. The van der Waals surface area contributed by atoms with Gasteiger partial charge in [0.05, 0.1) is 28.7 Å². The van der Waals surface area contributed by atoms with Gasteiger partial charge in [-0.25, -0.2) is 0 Å². The van der Waals surface area contributed by atoms with Crippen molar-refractivity contribution in [3.05, 3.63) is 79.5 Å². The average molecular weight is 419 g/mol. The maximum atomic E-state index is 12.5. The van der Waals surface area contributed by atoms with E-state index in [9.17, 15) is 14.9 Å². The summed E-state index contributed by atoms with van der Waals surface area (Å²) in [4.78, 5) is 23.3. The molecule has 28 heavy (non-hydrogen) atoms. The van der Waals surface area contributed by atoms with Gasteiger partial charge in [-0.2, -0.15) is 0 Å². The molecule has 1 amide bonds. The molecule has 0 aliphatic carbocycles. The Kier molecular flexibility index (Phi) is 6.13. The van der Waals surface area contributed by atoms with E-state index in [4.69, 9.17) is 21.1 Å². The van der Waals surface area contributed by atoms with E-state index in [1.54, 1.807) is 30.3 Å². The number of halogens is 1. The predicted molar refractivity (Wildman–Crippen MR) is 108 cm³/mol. The Morgan fingerprint density at radius 2 is 1.96 bits per heavy atom. The Labute approximate surface area is 169 Å². The van der Waals surface area contributed by atoms with Gasteiger partial charge in [-0.05, 0) is 41.8 Å². The summed E-state index contributed by atoms with van der Waals surface area (Å²) < 4.78 is 10.8. The highest BCUT2D eigenvalue weighted by Gasteiger charge is 2.15. The number of amides is 1. The van der Waals surface area contributed by atoms with E-state index in [1.807, 2.05) is 5.38 Å². The van der Waals surface area contributed by atoms with Crippen molar-refractivity contribution in [2.24, 2.45) is 0 Å². The maximum absolute atomic E-state index is 12.5. The fraction of sp³-hybridized carbons (Fsp3) is 0.105. The zero-order chi connectivity index (χ0) is 20.1. The fourth-order valence-corrected chi connectivity index (χ4v) is 3.27. The van der Waals surface area contributed by atoms with Gasteiger partial charge in [0.25, 0.3) is 11.6 Å². The van der Waals surface area contributed by atoms with Crippen molar-refractivity contribution in [3.63, 3.8) is 0 Å². The standard InChI is InChI=1S/C19H15ClN2O5S/c1-26-17-9-14(22(24)25)4-7-16(17)21-19(23)18-8-12(11-28-18)10-27-15-5-2-13(20)3-6-15/h2-9,11H,10H2,1H3,(H,21,23). The highest BCUT2D eigenvalue weighted by atomic mass is 35.5. The van der Waals surface area contributed by atoms with Crippen molar-refractivity contribution in [2.45, 2.75) is 6.61 Å². The van der Waals surface area contributed by atoms with Gasteiger partial charge in [0.1, 0.15) is 18.1 Å². The SMILES string of the molecule is COc1cc([N+](=O)[O-])ccc1NC(=O)c1cc(COc2ccc(Cl)cc2)cs1. The van der Waals surface area contributed by atoms with Crippen molar-refractivity contribution in [2.75, 3.05) is 12.4 Å². The van der Waals surface area contributed by atoms with Gasteiger partial charge >= 0.3 is 0 Å². The summed E-state index contributed by atoms with van der Waals surface area (Å²) in [6, 6.07) is 12.7. The number of benzene rings is 2. The molecule has 3 aromatic rings. The van der Waals surface area contributed by atoms with Crippen LogP contribution in [-0.4, -0.2) is 17.9 Å². The Morgan fingerprint density at radius 1 is 1.21 bits per heavy atom. The van der Waals surface area contributed by atoms with Crippen LogP contribution in [-0.2, 0) is 6.61 Å². The van der Waals surface area contributed by atoms with Crippen LogP contribution < -0.4 is 14.8 Å². The number of carbonyl (C=O) groups excluding carboxylic acids is 1. The molecule has 0 bridgehead atoms. The molecular formula is C19H15ClN2O5S. The number of nitro groups is 1. The van der Waals surface area contributed by atoms with E-state index in [0.717, 1.165) is 5.56 Å². The Morgan fingerprint density at radius 3 is 2.64 bits per heavy atom. The summed E-state index contributed by atoms with van der Waals surface area (Å²) in [5.74, 6) is 0.553. The van der Waals surface area contributed by atoms with E-state index in [-0.39, 0.29) is 17.3 Å². The van der Waals surface area contributed by atoms with Crippen LogP contribution in [0.1, 0.15) is 15.2 Å². The molecule has 0 aliphatic rings. The third-order valence-electron chi connectivity index (χ3n) is 3.74. The molecule has 144 valence electrons. The Balaban J connectivity index is 1.65. The second kappa shape index (κ2) is 8.73. The number of hydrogen-bond donors (Lipinski definition) is 1. The van der Waals surface area contributed by atoms with Gasteiger partial charge in [0.15, 0.2) is 0 Å². The van der Waals surface area contributed by atoms with Crippen LogP contribution in [0.15, 0.2) is 53.9 Å². The first-order chi connectivity index (χ1) is 13.5. The molecule has 9 heteroatoms. The van der Waals surface area contributed by atoms with Crippen molar-refractivity contribution >= 4 is 40.2 Å². The van der Waals surface area contributed by atoms with E-state index >= 15 is 0 Å². The van der Waals surface area contributed by atoms with E-state index in [1.165, 1.54) is 36.6 Å². The number of nitrogens with zero attached hydrogens (tertiary/aromatic N) is 1. The second-order valence-electron chi connectivity index (χ2n) is 5.66. The molecule has 2 aromatic carbocycles. The molecule has 1 N–H and O–H groups in total. The average Bonchev–Trinajstić information content (AvgIpc) is 3.17.